The molecule has 6 nitrogen and oxygen atoms in total. The predicted molar refractivity (Wildman–Crippen MR) is 62.9 cm³/mol. The molecule has 0 bridgehead atoms. The number of fused-ring (bicyclic) bond motifs is 1. The normalized spacial score (nSPS) is 17.6. The van der Waals surface area contributed by atoms with E-state index in [0.29, 0.717) is 0 Å². The second-order valence-corrected chi connectivity index (χ2v) is 4.31. The van der Waals surface area contributed by atoms with Gasteiger partial charge in [0.05, 0.1) is 18.1 Å². The molecular weight excluding hydrogens is 292 g/mol. The first-order valence-electron chi connectivity index (χ1n) is 4.83. The summed E-state index contributed by atoms with van der Waals surface area (Å²) in [6, 6.07) is 0.290. The Morgan fingerprint density at radius 2 is 2.24 bits per heavy atom. The van der Waals surface area contributed by atoms with Crippen LogP contribution in [0.3, 0.4) is 0 Å². The highest BCUT2D eigenvalue weighted by Gasteiger charge is 2.26. The molecule has 7 heteroatoms. The molecule has 1 unspecified atom stereocenters. The van der Waals surface area contributed by atoms with Crippen molar-refractivity contribution in [1.29, 1.82) is 0 Å². The molecule has 0 N–H and O–H groups in total. The Morgan fingerprint density at radius 1 is 1.53 bits per heavy atom. The van der Waals surface area contributed by atoms with Gasteiger partial charge >= 0.3 is 5.97 Å². The van der Waals surface area contributed by atoms with Crippen LogP contribution in [0.4, 0.5) is 0 Å². The van der Waals surface area contributed by atoms with Crippen molar-refractivity contribution in [2.24, 2.45) is 0 Å². The van der Waals surface area contributed by atoms with Gasteiger partial charge in [0.1, 0.15) is 0 Å². The molecule has 0 aromatic carbocycles. The van der Waals surface area contributed by atoms with E-state index >= 15 is 0 Å². The van der Waals surface area contributed by atoms with Crippen LogP contribution in [-0.4, -0.2) is 22.4 Å². The zero-order chi connectivity index (χ0) is 12.6. The fraction of sp³-hybridized carbons (Fsp3) is 0.300. The van der Waals surface area contributed by atoms with Crippen LogP contribution in [0.5, 0.6) is 0 Å². The number of nitrogens with zero attached hydrogens (tertiary/aromatic N) is 2. The third kappa shape index (κ3) is 1.86. The van der Waals surface area contributed by atoms with Crippen LogP contribution in [0.15, 0.2) is 32.3 Å². The second-order valence-electron chi connectivity index (χ2n) is 3.46. The van der Waals surface area contributed by atoms with Gasteiger partial charge in [-0.3, -0.25) is 9.59 Å². The fourth-order valence-electron chi connectivity index (χ4n) is 1.69. The third-order valence-electron chi connectivity index (χ3n) is 2.48. The van der Waals surface area contributed by atoms with Crippen molar-refractivity contribution in [3.63, 3.8) is 0 Å². The number of aromatic nitrogens is 2. The van der Waals surface area contributed by atoms with E-state index in [1.807, 2.05) is 0 Å². The fourth-order valence-corrected chi connectivity index (χ4v) is 2.07. The average molecular weight is 301 g/mol. The molecule has 0 fully saturated rings. The highest BCUT2D eigenvalue weighted by Crippen LogP contribution is 2.13. The van der Waals surface area contributed by atoms with E-state index in [-0.39, 0.29) is 16.6 Å². The molecule has 90 valence electrons. The molecule has 1 aliphatic rings. The summed E-state index contributed by atoms with van der Waals surface area (Å²) in [6.07, 6.45) is 3.19. The molecule has 0 radical (unpaired) electrons. The van der Waals surface area contributed by atoms with Crippen LogP contribution in [0.25, 0.3) is 0 Å². The van der Waals surface area contributed by atoms with Crippen LogP contribution in [0, 0.1) is 0 Å². The van der Waals surface area contributed by atoms with E-state index in [2.05, 4.69) is 20.7 Å². The van der Waals surface area contributed by atoms with Crippen molar-refractivity contribution in [2.75, 3.05) is 7.11 Å². The number of ether oxygens (including phenoxy) is 1. The first-order valence-corrected chi connectivity index (χ1v) is 5.62. The SMILES string of the molecule is COC(=O)C1C=CCn2c(=O)cc(Br)c(=O)n21. The maximum atomic E-state index is 11.9. The minimum Gasteiger partial charge on any atom is -0.467 e. The Morgan fingerprint density at radius 3 is 2.88 bits per heavy atom. The van der Waals surface area contributed by atoms with Gasteiger partial charge in [-0.2, -0.15) is 0 Å². The Balaban J connectivity index is 2.73. The molecular formula is C10H9BrN2O4. The topological polar surface area (TPSA) is 70.3 Å². The van der Waals surface area contributed by atoms with Gasteiger partial charge < -0.3 is 4.74 Å². The van der Waals surface area contributed by atoms with Crippen LogP contribution < -0.4 is 11.1 Å². The summed E-state index contributed by atoms with van der Waals surface area (Å²) >= 11 is 3.00. The number of allylic oxidation sites excluding steroid dienone is 1. The van der Waals surface area contributed by atoms with Crippen molar-refractivity contribution >= 4 is 21.9 Å². The molecule has 0 aliphatic carbocycles. The van der Waals surface area contributed by atoms with Crippen molar-refractivity contribution in [1.82, 2.24) is 9.36 Å². The molecule has 0 saturated heterocycles. The summed E-state index contributed by atoms with van der Waals surface area (Å²) in [7, 11) is 1.23. The molecule has 2 rings (SSSR count). The third-order valence-corrected chi connectivity index (χ3v) is 3.05. The van der Waals surface area contributed by atoms with E-state index in [1.54, 1.807) is 12.2 Å². The second kappa shape index (κ2) is 4.33. The highest BCUT2D eigenvalue weighted by atomic mass is 79.9. The number of methoxy groups -OCH3 is 1. The van der Waals surface area contributed by atoms with Gasteiger partial charge in [-0.15, -0.1) is 0 Å². The van der Waals surface area contributed by atoms with E-state index in [4.69, 9.17) is 0 Å². The van der Waals surface area contributed by atoms with Gasteiger partial charge in [-0.05, 0) is 15.9 Å². The van der Waals surface area contributed by atoms with Crippen LogP contribution >= 0.6 is 15.9 Å². The van der Waals surface area contributed by atoms with E-state index in [1.165, 1.54) is 17.9 Å². The van der Waals surface area contributed by atoms with Gasteiger partial charge in [0.2, 0.25) is 0 Å². The monoisotopic (exact) mass is 300 g/mol. The van der Waals surface area contributed by atoms with Crippen molar-refractivity contribution in [2.45, 2.75) is 12.6 Å². The lowest BCUT2D eigenvalue weighted by Crippen LogP contribution is -2.44. The predicted octanol–water partition coefficient (Wildman–Crippen LogP) is 0.0564. The summed E-state index contributed by atoms with van der Waals surface area (Å²) in [4.78, 5) is 35.1. The van der Waals surface area contributed by atoms with Gasteiger partial charge in [-0.1, -0.05) is 12.2 Å². The standard InChI is InChI=1S/C10H9BrN2O4/c1-17-10(16)7-3-2-4-12-8(14)5-6(11)9(15)13(7)12/h2-3,5,7H,4H2,1H3. The number of hydrogen-bond donors (Lipinski definition) is 0. The number of carbonyl (C=O) groups excluding carboxylic acids is 1. The summed E-state index contributed by atoms with van der Waals surface area (Å²) in [5.41, 5.74) is -0.793. The summed E-state index contributed by atoms with van der Waals surface area (Å²) < 4.78 is 7.03. The Labute approximate surface area is 104 Å². The maximum Gasteiger partial charge on any atom is 0.334 e. The number of hydrogen-bond acceptors (Lipinski definition) is 4. The quantitative estimate of drug-likeness (QED) is 0.543. The molecule has 0 amide bonds. The lowest BCUT2D eigenvalue weighted by atomic mass is 10.2. The van der Waals surface area contributed by atoms with E-state index in [9.17, 15) is 14.4 Å². The smallest absolute Gasteiger partial charge is 0.334 e. The van der Waals surface area contributed by atoms with Crippen molar-refractivity contribution in [3.8, 4) is 0 Å². The van der Waals surface area contributed by atoms with Gasteiger partial charge in [-0.25, -0.2) is 14.2 Å². The molecule has 0 spiro atoms. The van der Waals surface area contributed by atoms with Crippen molar-refractivity contribution < 1.29 is 9.53 Å². The number of esters is 1. The lowest BCUT2D eigenvalue weighted by molar-refractivity contribution is -0.143. The molecule has 2 heterocycles. The van der Waals surface area contributed by atoms with E-state index in [0.717, 1.165) is 4.68 Å². The average Bonchev–Trinajstić information content (AvgIpc) is 2.34. The van der Waals surface area contributed by atoms with Gasteiger partial charge in [0.25, 0.3) is 11.1 Å². The van der Waals surface area contributed by atoms with Gasteiger partial charge in [0, 0.05) is 6.07 Å². The van der Waals surface area contributed by atoms with Crippen LogP contribution in [0.1, 0.15) is 6.04 Å². The maximum absolute atomic E-state index is 11.9. The molecule has 1 aromatic rings. The van der Waals surface area contributed by atoms with Crippen LogP contribution in [-0.2, 0) is 16.1 Å². The Hall–Kier alpha value is -1.63. The summed E-state index contributed by atoms with van der Waals surface area (Å²) in [5, 5.41) is 0. The first-order chi connectivity index (χ1) is 8.06. The number of carbonyl (C=O) groups is 1. The lowest BCUT2D eigenvalue weighted by Gasteiger charge is -2.22. The minimum absolute atomic E-state index is 0.128. The minimum atomic E-state index is -0.897. The summed E-state index contributed by atoms with van der Waals surface area (Å²) in [6.45, 7) is 0.259. The van der Waals surface area contributed by atoms with E-state index < -0.39 is 17.6 Å². The zero-order valence-corrected chi connectivity index (χ0v) is 10.5. The molecule has 1 atom stereocenters. The molecule has 17 heavy (non-hydrogen) atoms. The molecule has 1 aromatic heterocycles. The largest absolute Gasteiger partial charge is 0.467 e. The van der Waals surface area contributed by atoms with Crippen LogP contribution in [0.2, 0.25) is 0 Å². The number of rotatable bonds is 1. The first kappa shape index (κ1) is 11.8. The highest BCUT2D eigenvalue weighted by molar-refractivity contribution is 9.10. The van der Waals surface area contributed by atoms with Gasteiger partial charge in [0.15, 0.2) is 6.04 Å². The number of halogens is 1. The Bertz CT molecular complexity index is 614. The Kier molecular flexibility index (Phi) is 3.01. The van der Waals surface area contributed by atoms with Crippen molar-refractivity contribution in [3.05, 3.63) is 43.4 Å². The molecule has 1 aliphatic heterocycles. The zero-order valence-electron chi connectivity index (χ0n) is 8.92. The summed E-state index contributed by atoms with van der Waals surface area (Å²) in [5.74, 6) is -0.589. The molecule has 0 saturated carbocycles.